The number of halogens is 1. The van der Waals surface area contributed by atoms with Gasteiger partial charge in [0.1, 0.15) is 5.82 Å². The van der Waals surface area contributed by atoms with Gasteiger partial charge in [-0.3, -0.25) is 4.79 Å². The normalized spacial score (nSPS) is 10.6. The fraction of sp³-hybridized carbons (Fsp3) is 0.238. The van der Waals surface area contributed by atoms with E-state index in [0.717, 1.165) is 36.2 Å². The van der Waals surface area contributed by atoms with Gasteiger partial charge in [-0.15, -0.1) is 11.3 Å². The number of para-hydroxylation sites is 1. The van der Waals surface area contributed by atoms with Crippen molar-refractivity contribution in [2.75, 3.05) is 10.6 Å². The Morgan fingerprint density at radius 3 is 2.81 bits per heavy atom. The van der Waals surface area contributed by atoms with Crippen molar-refractivity contribution < 1.29 is 9.18 Å². The first-order valence-electron chi connectivity index (χ1n) is 9.03. The number of anilines is 3. The minimum atomic E-state index is -0.318. The van der Waals surface area contributed by atoms with Crippen molar-refractivity contribution in [3.05, 3.63) is 59.7 Å². The van der Waals surface area contributed by atoms with Gasteiger partial charge in [0, 0.05) is 23.1 Å². The maximum Gasteiger partial charge on any atom is 0.224 e. The van der Waals surface area contributed by atoms with Crippen LogP contribution in [0.4, 0.5) is 20.9 Å². The van der Waals surface area contributed by atoms with Crippen LogP contribution < -0.4 is 10.6 Å². The maximum atomic E-state index is 13.8. The molecule has 0 fully saturated rings. The number of hydrogen-bond donors (Lipinski definition) is 2. The van der Waals surface area contributed by atoms with Crippen molar-refractivity contribution in [1.82, 2.24) is 4.98 Å². The van der Waals surface area contributed by atoms with E-state index in [2.05, 4.69) is 22.5 Å². The lowest BCUT2D eigenvalue weighted by Crippen LogP contribution is -2.10. The molecular formula is C21H22FN3OS. The number of carbonyl (C=O) groups is 1. The molecule has 3 aromatic rings. The molecule has 0 spiro atoms. The molecule has 1 heterocycles. The fourth-order valence-electron chi connectivity index (χ4n) is 2.66. The predicted molar refractivity (Wildman–Crippen MR) is 110 cm³/mol. The molecule has 1 amide bonds. The van der Waals surface area contributed by atoms with Crippen LogP contribution in [0.2, 0.25) is 0 Å². The lowest BCUT2D eigenvalue weighted by molar-refractivity contribution is -0.116. The second-order valence-corrected chi connectivity index (χ2v) is 7.09. The van der Waals surface area contributed by atoms with Gasteiger partial charge in [0.15, 0.2) is 5.13 Å². The lowest BCUT2D eigenvalue weighted by atomic mass is 10.1. The Hall–Kier alpha value is -2.73. The van der Waals surface area contributed by atoms with E-state index >= 15 is 0 Å². The predicted octanol–water partition coefficient (Wildman–Crippen LogP) is 6.21. The highest BCUT2D eigenvalue weighted by Crippen LogP contribution is 2.29. The first-order chi connectivity index (χ1) is 13.2. The number of nitrogens with one attached hydrogen (secondary N) is 2. The summed E-state index contributed by atoms with van der Waals surface area (Å²) in [7, 11) is 0. The fourth-order valence-corrected chi connectivity index (χ4v) is 3.39. The molecule has 0 aliphatic heterocycles. The summed E-state index contributed by atoms with van der Waals surface area (Å²) in [5.41, 5.74) is 2.83. The lowest BCUT2D eigenvalue weighted by Gasteiger charge is -2.06. The van der Waals surface area contributed by atoms with E-state index in [1.165, 1.54) is 17.4 Å². The highest BCUT2D eigenvalue weighted by atomic mass is 32.1. The first kappa shape index (κ1) is 19.0. The number of nitrogens with zero attached hydrogens (tertiary/aromatic N) is 1. The number of carbonyl (C=O) groups excluding carboxylic acids is 1. The zero-order valence-electron chi connectivity index (χ0n) is 15.2. The van der Waals surface area contributed by atoms with Crippen molar-refractivity contribution in [2.45, 2.75) is 32.6 Å². The van der Waals surface area contributed by atoms with Crippen LogP contribution >= 0.6 is 11.3 Å². The van der Waals surface area contributed by atoms with Gasteiger partial charge in [-0.25, -0.2) is 9.37 Å². The second-order valence-electron chi connectivity index (χ2n) is 6.23. The molecule has 1 aromatic heterocycles. The molecule has 0 atom stereocenters. The topological polar surface area (TPSA) is 54.0 Å². The number of thiazole rings is 1. The van der Waals surface area contributed by atoms with Crippen molar-refractivity contribution in [3.63, 3.8) is 0 Å². The Morgan fingerprint density at radius 1 is 1.15 bits per heavy atom. The molecule has 0 saturated carbocycles. The Morgan fingerprint density at radius 2 is 2.00 bits per heavy atom. The van der Waals surface area contributed by atoms with Crippen molar-refractivity contribution in [2.24, 2.45) is 0 Å². The number of hydrogen-bond acceptors (Lipinski definition) is 4. The summed E-state index contributed by atoms with van der Waals surface area (Å²) in [6.07, 6.45) is 3.59. The number of aromatic nitrogens is 1. The number of rotatable bonds is 8. The first-order valence-corrected chi connectivity index (χ1v) is 9.91. The molecular weight excluding hydrogens is 361 g/mol. The molecule has 0 radical (unpaired) electrons. The molecule has 0 aliphatic rings. The van der Waals surface area contributed by atoms with Crippen LogP contribution in [0.3, 0.4) is 0 Å². The summed E-state index contributed by atoms with van der Waals surface area (Å²) in [5, 5.41) is 8.46. The van der Waals surface area contributed by atoms with Gasteiger partial charge in [-0.1, -0.05) is 44.0 Å². The minimum absolute atomic E-state index is 0.0285. The van der Waals surface area contributed by atoms with Gasteiger partial charge in [-0.05, 0) is 30.7 Å². The quantitative estimate of drug-likeness (QED) is 0.455. The molecule has 0 aliphatic carbocycles. The van der Waals surface area contributed by atoms with Crippen LogP contribution in [-0.2, 0) is 4.79 Å². The van der Waals surface area contributed by atoms with Crippen LogP contribution in [0.15, 0.2) is 53.9 Å². The molecule has 2 N–H and O–H groups in total. The van der Waals surface area contributed by atoms with E-state index in [1.54, 1.807) is 18.2 Å². The molecule has 0 bridgehead atoms. The summed E-state index contributed by atoms with van der Waals surface area (Å²) in [6, 6.07) is 14.1. The highest BCUT2D eigenvalue weighted by Gasteiger charge is 2.09. The van der Waals surface area contributed by atoms with Crippen molar-refractivity contribution >= 4 is 33.8 Å². The summed E-state index contributed by atoms with van der Waals surface area (Å²) in [5.74, 6) is -0.289. The third-order valence-corrected chi connectivity index (χ3v) is 4.83. The zero-order chi connectivity index (χ0) is 19.1. The largest absolute Gasteiger partial charge is 0.329 e. The summed E-state index contributed by atoms with van der Waals surface area (Å²) < 4.78 is 13.8. The summed E-state index contributed by atoms with van der Waals surface area (Å²) in [4.78, 5) is 16.5. The Kier molecular flexibility index (Phi) is 6.54. The molecule has 3 rings (SSSR count). The minimum Gasteiger partial charge on any atom is -0.329 e. The second kappa shape index (κ2) is 9.28. The van der Waals surface area contributed by atoms with E-state index in [1.807, 2.05) is 29.6 Å². The average Bonchev–Trinajstić information content (AvgIpc) is 3.13. The molecule has 0 saturated heterocycles. The monoisotopic (exact) mass is 383 g/mol. The van der Waals surface area contributed by atoms with Gasteiger partial charge >= 0.3 is 0 Å². The van der Waals surface area contributed by atoms with Crippen LogP contribution in [0.1, 0.15) is 32.6 Å². The zero-order valence-corrected chi connectivity index (χ0v) is 16.0. The highest BCUT2D eigenvalue weighted by molar-refractivity contribution is 7.14. The maximum absolute atomic E-state index is 13.8. The van der Waals surface area contributed by atoms with E-state index in [-0.39, 0.29) is 11.7 Å². The SMILES string of the molecule is CCCCCC(=O)Nc1cccc(-c2csc(Nc3ccccc3F)n2)c1. The van der Waals surface area contributed by atoms with Crippen LogP contribution in [0.25, 0.3) is 11.3 Å². The number of benzene rings is 2. The van der Waals surface area contributed by atoms with Gasteiger partial charge in [0.2, 0.25) is 5.91 Å². The number of unbranched alkanes of at least 4 members (excludes halogenated alkanes) is 2. The van der Waals surface area contributed by atoms with Gasteiger partial charge in [0.05, 0.1) is 11.4 Å². The Bertz CT molecular complexity index is 910. The smallest absolute Gasteiger partial charge is 0.224 e. The molecule has 6 heteroatoms. The van der Waals surface area contributed by atoms with Crippen LogP contribution in [-0.4, -0.2) is 10.9 Å². The van der Waals surface area contributed by atoms with Crippen molar-refractivity contribution in [1.29, 1.82) is 0 Å². The summed E-state index contributed by atoms with van der Waals surface area (Å²) in [6.45, 7) is 2.12. The van der Waals surface area contributed by atoms with E-state index in [0.29, 0.717) is 17.2 Å². The third kappa shape index (κ3) is 5.37. The van der Waals surface area contributed by atoms with E-state index in [9.17, 15) is 9.18 Å². The Balaban J connectivity index is 1.68. The van der Waals surface area contributed by atoms with Gasteiger partial charge < -0.3 is 10.6 Å². The van der Waals surface area contributed by atoms with Crippen LogP contribution in [0, 0.1) is 5.82 Å². The number of amides is 1. The van der Waals surface area contributed by atoms with Gasteiger partial charge in [0.25, 0.3) is 0 Å². The molecule has 4 nitrogen and oxygen atoms in total. The third-order valence-electron chi connectivity index (χ3n) is 4.07. The van der Waals surface area contributed by atoms with Crippen LogP contribution in [0.5, 0.6) is 0 Å². The molecule has 2 aromatic carbocycles. The Labute approximate surface area is 162 Å². The molecule has 27 heavy (non-hydrogen) atoms. The summed E-state index contributed by atoms with van der Waals surface area (Å²) >= 11 is 1.41. The van der Waals surface area contributed by atoms with Crippen molar-refractivity contribution in [3.8, 4) is 11.3 Å². The average molecular weight is 383 g/mol. The molecule has 0 unspecified atom stereocenters. The van der Waals surface area contributed by atoms with E-state index in [4.69, 9.17) is 0 Å². The van der Waals surface area contributed by atoms with Gasteiger partial charge in [-0.2, -0.15) is 0 Å². The molecule has 140 valence electrons. The van der Waals surface area contributed by atoms with E-state index < -0.39 is 0 Å². The standard InChI is InChI=1S/C21H22FN3OS/c1-2-3-4-12-20(26)23-16-9-7-8-15(13-16)19-14-27-21(25-19)24-18-11-6-5-10-17(18)22/h5-11,13-14H,2-4,12H2,1H3,(H,23,26)(H,24,25).